The number of nitrogens with zero attached hydrogens (tertiary/aromatic N) is 6. The lowest BCUT2D eigenvalue weighted by atomic mass is 10.1. The first-order valence-electron chi connectivity index (χ1n) is 12.1. The van der Waals surface area contributed by atoms with Crippen molar-refractivity contribution < 1.29 is 19.0 Å². The molecule has 0 fully saturated rings. The minimum absolute atomic E-state index is 0.307. The molecule has 0 aliphatic carbocycles. The molecule has 0 unspecified atom stereocenters. The summed E-state index contributed by atoms with van der Waals surface area (Å²) in [5.74, 6) is 2.54. The van der Waals surface area contributed by atoms with Gasteiger partial charge in [0.2, 0.25) is 5.88 Å². The Balaban J connectivity index is 1.26. The van der Waals surface area contributed by atoms with Crippen LogP contribution in [0.4, 0.5) is 5.69 Å². The molecule has 0 radical (unpaired) electrons. The molecular weight excluding hydrogens is 498 g/mol. The molecule has 2 aromatic carbocycles. The van der Waals surface area contributed by atoms with E-state index in [-0.39, 0.29) is 5.91 Å². The highest BCUT2D eigenvalue weighted by molar-refractivity contribution is 6.03. The van der Waals surface area contributed by atoms with Gasteiger partial charge in [0, 0.05) is 30.1 Å². The average Bonchev–Trinajstić information content (AvgIpc) is 3.51. The lowest BCUT2D eigenvalue weighted by Crippen LogP contribution is -2.15. The van der Waals surface area contributed by atoms with Gasteiger partial charge in [0.1, 0.15) is 29.3 Å². The summed E-state index contributed by atoms with van der Waals surface area (Å²) in [6.07, 6.45) is 1.71. The Kier molecular flexibility index (Phi) is 6.96. The number of imidazole rings is 1. The molecule has 0 saturated carbocycles. The van der Waals surface area contributed by atoms with E-state index in [9.17, 15) is 4.79 Å². The number of aromatic nitrogens is 6. The molecule has 0 aliphatic rings. The van der Waals surface area contributed by atoms with E-state index in [0.717, 1.165) is 17.0 Å². The van der Waals surface area contributed by atoms with Gasteiger partial charge in [-0.15, -0.1) is 10.2 Å². The maximum Gasteiger partial charge on any atom is 0.273 e. The first kappa shape index (κ1) is 25.5. The van der Waals surface area contributed by atoms with Gasteiger partial charge in [0.15, 0.2) is 5.82 Å². The molecule has 1 N–H and O–H groups in total. The number of benzene rings is 2. The fourth-order valence-corrected chi connectivity index (χ4v) is 3.97. The van der Waals surface area contributed by atoms with Crippen LogP contribution in [-0.4, -0.2) is 49.7 Å². The Morgan fingerprint density at radius 3 is 2.31 bits per heavy atom. The molecule has 1 amide bonds. The van der Waals surface area contributed by atoms with E-state index >= 15 is 0 Å². The standard InChI is InChI=1S/C28H27N7O4/c1-17-18(2)35(16-29-17)26-12-13-27(32-31-26)39-20-8-6-19(7-9-20)30-28(36)24-15-23(33-34(24)3)22-14-21(37-4)10-11-25(22)38-5/h6-16H,1-5H3,(H,30,36). The minimum atomic E-state index is -0.307. The van der Waals surface area contributed by atoms with E-state index in [1.54, 1.807) is 76.1 Å². The van der Waals surface area contributed by atoms with Crippen LogP contribution in [0.15, 0.2) is 67.0 Å². The van der Waals surface area contributed by atoms with Crippen molar-refractivity contribution in [3.63, 3.8) is 0 Å². The summed E-state index contributed by atoms with van der Waals surface area (Å²) in [6, 6.07) is 17.7. The van der Waals surface area contributed by atoms with Gasteiger partial charge in [-0.1, -0.05) is 0 Å². The molecule has 3 aromatic heterocycles. The number of carbonyl (C=O) groups excluding carboxylic acids is 1. The Morgan fingerprint density at radius 1 is 0.897 bits per heavy atom. The highest BCUT2D eigenvalue weighted by atomic mass is 16.5. The van der Waals surface area contributed by atoms with Crippen molar-refractivity contribution in [1.29, 1.82) is 0 Å². The number of rotatable bonds is 8. The van der Waals surface area contributed by atoms with E-state index in [1.165, 1.54) is 4.68 Å². The zero-order valence-corrected chi connectivity index (χ0v) is 22.2. The average molecular weight is 526 g/mol. The third-order valence-electron chi connectivity index (χ3n) is 6.25. The number of anilines is 1. The number of aryl methyl sites for hydroxylation is 2. The van der Waals surface area contributed by atoms with Crippen LogP contribution in [0.25, 0.3) is 17.1 Å². The largest absolute Gasteiger partial charge is 0.497 e. The number of hydrogen-bond acceptors (Lipinski definition) is 8. The number of ether oxygens (including phenoxy) is 3. The Morgan fingerprint density at radius 2 is 1.67 bits per heavy atom. The number of carbonyl (C=O) groups is 1. The van der Waals surface area contributed by atoms with Gasteiger partial charge < -0.3 is 19.5 Å². The SMILES string of the molecule is COc1ccc(OC)c(-c2cc(C(=O)Nc3ccc(Oc4ccc(-n5cnc(C)c5C)nn4)cc3)n(C)n2)c1. The lowest BCUT2D eigenvalue weighted by molar-refractivity contribution is 0.101. The van der Waals surface area contributed by atoms with Crippen LogP contribution in [0, 0.1) is 13.8 Å². The molecule has 0 saturated heterocycles. The van der Waals surface area contributed by atoms with Crippen LogP contribution in [0.1, 0.15) is 21.9 Å². The first-order chi connectivity index (χ1) is 18.9. The van der Waals surface area contributed by atoms with Gasteiger partial charge in [0.25, 0.3) is 5.91 Å². The molecule has 11 heteroatoms. The second kappa shape index (κ2) is 10.7. The van der Waals surface area contributed by atoms with Crippen LogP contribution in [0.5, 0.6) is 23.1 Å². The molecular formula is C28H27N7O4. The third-order valence-corrected chi connectivity index (χ3v) is 6.25. The maximum absolute atomic E-state index is 13.0. The predicted octanol–water partition coefficient (Wildman–Crippen LogP) is 4.74. The summed E-state index contributed by atoms with van der Waals surface area (Å²) in [5, 5.41) is 15.8. The number of amides is 1. The summed E-state index contributed by atoms with van der Waals surface area (Å²) in [4.78, 5) is 17.3. The fourth-order valence-electron chi connectivity index (χ4n) is 3.97. The van der Waals surface area contributed by atoms with Crippen molar-refractivity contribution in [2.45, 2.75) is 13.8 Å². The van der Waals surface area contributed by atoms with Crippen molar-refractivity contribution in [2.75, 3.05) is 19.5 Å². The molecule has 5 aromatic rings. The van der Waals surface area contributed by atoms with E-state index in [0.29, 0.717) is 46.0 Å². The van der Waals surface area contributed by atoms with Gasteiger partial charge >= 0.3 is 0 Å². The molecule has 3 heterocycles. The number of methoxy groups -OCH3 is 2. The number of nitrogens with one attached hydrogen (secondary N) is 1. The minimum Gasteiger partial charge on any atom is -0.497 e. The predicted molar refractivity (Wildman–Crippen MR) is 145 cm³/mol. The zero-order valence-electron chi connectivity index (χ0n) is 22.2. The van der Waals surface area contributed by atoms with Crippen LogP contribution < -0.4 is 19.5 Å². The Bertz CT molecular complexity index is 1620. The van der Waals surface area contributed by atoms with Gasteiger partial charge in [-0.2, -0.15) is 5.10 Å². The van der Waals surface area contributed by atoms with Crippen LogP contribution in [0.2, 0.25) is 0 Å². The van der Waals surface area contributed by atoms with Crippen molar-refractivity contribution in [3.05, 3.63) is 84.1 Å². The maximum atomic E-state index is 13.0. The van der Waals surface area contributed by atoms with Gasteiger partial charge in [0.05, 0.1) is 25.6 Å². The summed E-state index contributed by atoms with van der Waals surface area (Å²) >= 11 is 0. The van der Waals surface area contributed by atoms with E-state index in [1.807, 2.05) is 30.5 Å². The zero-order chi connectivity index (χ0) is 27.5. The van der Waals surface area contributed by atoms with Gasteiger partial charge in [-0.05, 0) is 68.4 Å². The van der Waals surface area contributed by atoms with Crippen LogP contribution in [0.3, 0.4) is 0 Å². The molecule has 0 aliphatic heterocycles. The fraction of sp³-hybridized carbons (Fsp3) is 0.179. The Hall–Kier alpha value is -5.19. The van der Waals surface area contributed by atoms with E-state index < -0.39 is 0 Å². The van der Waals surface area contributed by atoms with Gasteiger partial charge in [-0.25, -0.2) is 4.98 Å². The molecule has 11 nitrogen and oxygen atoms in total. The molecule has 5 rings (SSSR count). The number of hydrogen-bond donors (Lipinski definition) is 1. The van der Waals surface area contributed by atoms with Crippen molar-refractivity contribution >= 4 is 11.6 Å². The second-order valence-electron chi connectivity index (χ2n) is 8.70. The lowest BCUT2D eigenvalue weighted by Gasteiger charge is -2.08. The normalized spacial score (nSPS) is 10.8. The molecule has 0 bridgehead atoms. The highest BCUT2D eigenvalue weighted by Gasteiger charge is 2.18. The monoisotopic (exact) mass is 525 g/mol. The van der Waals surface area contributed by atoms with Gasteiger partial charge in [-0.3, -0.25) is 14.0 Å². The van der Waals surface area contributed by atoms with Crippen LogP contribution in [-0.2, 0) is 7.05 Å². The second-order valence-corrected chi connectivity index (χ2v) is 8.70. The summed E-state index contributed by atoms with van der Waals surface area (Å²) in [7, 11) is 4.89. The molecule has 39 heavy (non-hydrogen) atoms. The van der Waals surface area contributed by atoms with Crippen molar-refractivity contribution in [1.82, 2.24) is 29.5 Å². The summed E-state index contributed by atoms with van der Waals surface area (Å²) < 4.78 is 20.0. The molecule has 0 spiro atoms. The molecule has 198 valence electrons. The molecule has 0 atom stereocenters. The highest BCUT2D eigenvalue weighted by Crippen LogP contribution is 2.33. The van der Waals surface area contributed by atoms with Crippen molar-refractivity contribution in [2.24, 2.45) is 7.05 Å². The smallest absolute Gasteiger partial charge is 0.273 e. The third kappa shape index (κ3) is 5.28. The van der Waals surface area contributed by atoms with E-state index in [4.69, 9.17) is 14.2 Å². The topological polar surface area (TPSA) is 118 Å². The summed E-state index contributed by atoms with van der Waals surface area (Å²) in [5.41, 5.74) is 4.23. The summed E-state index contributed by atoms with van der Waals surface area (Å²) in [6.45, 7) is 3.91. The Labute approximate surface area is 225 Å². The van der Waals surface area contributed by atoms with Crippen molar-refractivity contribution in [3.8, 4) is 40.2 Å². The first-order valence-corrected chi connectivity index (χ1v) is 12.1. The quantitative estimate of drug-likeness (QED) is 0.309. The van der Waals surface area contributed by atoms with E-state index in [2.05, 4.69) is 25.6 Å². The van der Waals surface area contributed by atoms with Crippen LogP contribution >= 0.6 is 0 Å².